The second-order valence-corrected chi connectivity index (χ2v) is 8.40. The third-order valence-electron chi connectivity index (χ3n) is 4.98. The van der Waals surface area contributed by atoms with E-state index in [1.165, 1.54) is 0 Å². The Kier molecular flexibility index (Phi) is 3.35. The van der Waals surface area contributed by atoms with Gasteiger partial charge in [-0.15, -0.1) is 11.6 Å². The average molecular weight is 332 g/mol. The van der Waals surface area contributed by atoms with Crippen molar-refractivity contribution in [1.82, 2.24) is 0 Å². The van der Waals surface area contributed by atoms with Gasteiger partial charge in [-0.1, -0.05) is 42.4 Å². The number of hydrogen-bond acceptors (Lipinski definition) is 1. The molecule has 0 aromatic heterocycles. The van der Waals surface area contributed by atoms with Gasteiger partial charge in [-0.05, 0) is 43.3 Å². The Labute approximate surface area is 123 Å². The van der Waals surface area contributed by atoms with Crippen LogP contribution in [0, 0.1) is 10.8 Å². The second kappa shape index (κ2) is 4.21. The minimum absolute atomic E-state index is 0.0442. The number of carbonyl (C=O) groups is 1. The lowest BCUT2D eigenvalue weighted by Crippen LogP contribution is -2.51. The molecule has 100 valence electrons. The molecule has 0 radical (unpaired) electrons. The van der Waals surface area contributed by atoms with E-state index in [-0.39, 0.29) is 26.3 Å². The Hall–Kier alpha value is -0.0800. The normalized spacial score (nSPS) is 43.5. The van der Waals surface area contributed by atoms with Gasteiger partial charge in [0.05, 0.1) is 4.87 Å². The highest BCUT2D eigenvalue weighted by Gasteiger charge is 2.55. The van der Waals surface area contributed by atoms with Crippen LogP contribution < -0.4 is 0 Å². The van der Waals surface area contributed by atoms with Gasteiger partial charge in [0, 0.05) is 10.2 Å². The fourth-order valence-electron chi connectivity index (χ4n) is 3.26. The van der Waals surface area contributed by atoms with E-state index in [4.69, 9.17) is 11.6 Å². The van der Waals surface area contributed by atoms with E-state index in [0.29, 0.717) is 0 Å². The first-order valence-electron chi connectivity index (χ1n) is 6.38. The molecule has 2 rings (SSSR count). The van der Waals surface area contributed by atoms with E-state index in [2.05, 4.69) is 43.3 Å². The highest BCUT2D eigenvalue weighted by Crippen LogP contribution is 2.60. The first-order valence-corrected chi connectivity index (χ1v) is 7.68. The fraction of sp³-hybridized carbons (Fsp3) is 0.667. The lowest BCUT2D eigenvalue weighted by molar-refractivity contribution is -0.114. The van der Waals surface area contributed by atoms with Crippen molar-refractivity contribution < 1.29 is 4.79 Å². The maximum absolute atomic E-state index is 12.0. The first-order chi connectivity index (χ1) is 8.12. The van der Waals surface area contributed by atoms with Gasteiger partial charge in [0.1, 0.15) is 0 Å². The Bertz CT molecular complexity index is 436. The minimum Gasteiger partial charge on any atom is -0.290 e. The molecular formula is C15H20BrClO. The zero-order valence-electron chi connectivity index (χ0n) is 11.2. The summed E-state index contributed by atoms with van der Waals surface area (Å²) in [5.74, 6) is 0.0761. The van der Waals surface area contributed by atoms with E-state index < -0.39 is 0 Å². The maximum Gasteiger partial charge on any atom is 0.181 e. The van der Waals surface area contributed by atoms with E-state index in [1.807, 2.05) is 6.08 Å². The van der Waals surface area contributed by atoms with Crippen LogP contribution in [-0.4, -0.2) is 15.5 Å². The summed E-state index contributed by atoms with van der Waals surface area (Å²) < 4.78 is 0. The SMILES string of the molecule is C=C1C(=O)C=CC(C)(C)[C@]12CC[C@@](C)(Cl)[C@@H](Br)C2. The highest BCUT2D eigenvalue weighted by molar-refractivity contribution is 9.09. The number of carbonyl (C=O) groups excluding carboxylic acids is 1. The zero-order valence-corrected chi connectivity index (χ0v) is 13.6. The summed E-state index contributed by atoms with van der Waals surface area (Å²) in [4.78, 5) is 12.0. The van der Waals surface area contributed by atoms with Gasteiger partial charge >= 0.3 is 0 Å². The third-order valence-corrected chi connectivity index (χ3v) is 7.03. The van der Waals surface area contributed by atoms with Gasteiger partial charge in [0.15, 0.2) is 5.78 Å². The van der Waals surface area contributed by atoms with Crippen molar-refractivity contribution in [2.75, 3.05) is 0 Å². The van der Waals surface area contributed by atoms with Crippen molar-refractivity contribution in [3.8, 4) is 0 Å². The molecule has 1 saturated carbocycles. The molecule has 0 amide bonds. The van der Waals surface area contributed by atoms with E-state index in [0.717, 1.165) is 24.8 Å². The largest absolute Gasteiger partial charge is 0.290 e. The zero-order chi connectivity index (χ0) is 13.8. The van der Waals surface area contributed by atoms with Crippen LogP contribution in [0.15, 0.2) is 24.3 Å². The Morgan fingerprint density at radius 2 is 2.00 bits per heavy atom. The monoisotopic (exact) mass is 330 g/mol. The average Bonchev–Trinajstić information content (AvgIpc) is 2.27. The molecule has 18 heavy (non-hydrogen) atoms. The summed E-state index contributed by atoms with van der Waals surface area (Å²) in [6.07, 6.45) is 6.41. The number of rotatable bonds is 0. The van der Waals surface area contributed by atoms with Crippen LogP contribution in [0.3, 0.4) is 0 Å². The van der Waals surface area contributed by atoms with Crippen LogP contribution in [0.5, 0.6) is 0 Å². The molecule has 1 fully saturated rings. The summed E-state index contributed by atoms with van der Waals surface area (Å²) in [5, 5.41) is 0. The summed E-state index contributed by atoms with van der Waals surface area (Å²) in [6, 6.07) is 0. The summed E-state index contributed by atoms with van der Waals surface area (Å²) >= 11 is 10.2. The molecule has 3 atom stereocenters. The molecule has 1 nitrogen and oxygen atoms in total. The van der Waals surface area contributed by atoms with Crippen molar-refractivity contribution >= 4 is 33.3 Å². The molecule has 3 heteroatoms. The van der Waals surface area contributed by atoms with Crippen molar-refractivity contribution in [2.45, 2.75) is 49.7 Å². The van der Waals surface area contributed by atoms with Crippen LogP contribution in [0.2, 0.25) is 0 Å². The van der Waals surface area contributed by atoms with Crippen LogP contribution in [-0.2, 0) is 4.79 Å². The van der Waals surface area contributed by atoms with Crippen LogP contribution in [0.4, 0.5) is 0 Å². The Morgan fingerprint density at radius 1 is 1.39 bits per heavy atom. The number of hydrogen-bond donors (Lipinski definition) is 0. The number of ketones is 1. The van der Waals surface area contributed by atoms with E-state index >= 15 is 0 Å². The smallest absolute Gasteiger partial charge is 0.181 e. The molecule has 0 N–H and O–H groups in total. The number of alkyl halides is 2. The molecule has 0 bridgehead atoms. The topological polar surface area (TPSA) is 17.1 Å². The molecular weight excluding hydrogens is 312 g/mol. The van der Waals surface area contributed by atoms with Gasteiger partial charge in [-0.25, -0.2) is 0 Å². The van der Waals surface area contributed by atoms with Gasteiger partial charge in [0.2, 0.25) is 0 Å². The third kappa shape index (κ3) is 1.92. The van der Waals surface area contributed by atoms with Gasteiger partial charge < -0.3 is 0 Å². The van der Waals surface area contributed by atoms with Crippen LogP contribution in [0.25, 0.3) is 0 Å². The number of allylic oxidation sites excluding steroid dienone is 3. The predicted molar refractivity (Wildman–Crippen MR) is 80.3 cm³/mol. The molecule has 0 saturated heterocycles. The molecule has 0 aliphatic heterocycles. The van der Waals surface area contributed by atoms with Gasteiger partial charge in [-0.3, -0.25) is 4.79 Å². The first kappa shape index (κ1) is 14.3. The molecule has 0 aromatic rings. The second-order valence-electron chi connectivity index (χ2n) is 6.43. The van der Waals surface area contributed by atoms with Crippen molar-refractivity contribution in [2.24, 2.45) is 10.8 Å². The fourth-order valence-corrected chi connectivity index (χ4v) is 4.22. The number of halogens is 2. The molecule has 1 spiro atoms. The van der Waals surface area contributed by atoms with E-state index in [9.17, 15) is 4.79 Å². The van der Waals surface area contributed by atoms with Crippen LogP contribution >= 0.6 is 27.5 Å². The highest BCUT2D eigenvalue weighted by atomic mass is 79.9. The lowest BCUT2D eigenvalue weighted by Gasteiger charge is -2.54. The summed E-state index contributed by atoms with van der Waals surface area (Å²) in [6.45, 7) is 10.5. The molecule has 0 aromatic carbocycles. The predicted octanol–water partition coefficient (Wildman–Crippen LogP) is 4.64. The Morgan fingerprint density at radius 3 is 2.56 bits per heavy atom. The summed E-state index contributed by atoms with van der Waals surface area (Å²) in [5.41, 5.74) is 0.560. The van der Waals surface area contributed by atoms with Crippen LogP contribution in [0.1, 0.15) is 40.0 Å². The molecule has 0 unspecified atom stereocenters. The van der Waals surface area contributed by atoms with Gasteiger partial charge in [0.25, 0.3) is 0 Å². The lowest BCUT2D eigenvalue weighted by atomic mass is 9.51. The molecule has 0 heterocycles. The maximum atomic E-state index is 12.0. The standard InChI is InChI=1S/C15H20BrClO/c1-10-11(18)5-6-13(2,3)15(10)8-7-14(4,17)12(16)9-15/h5-6,12H,1,7-9H2,2-4H3/t12-,14+,15-/m0/s1. The van der Waals surface area contributed by atoms with Crippen molar-refractivity contribution in [1.29, 1.82) is 0 Å². The van der Waals surface area contributed by atoms with Crippen molar-refractivity contribution in [3.63, 3.8) is 0 Å². The van der Waals surface area contributed by atoms with Gasteiger partial charge in [-0.2, -0.15) is 0 Å². The molecule has 2 aliphatic carbocycles. The minimum atomic E-state index is -0.230. The summed E-state index contributed by atoms with van der Waals surface area (Å²) in [7, 11) is 0. The quantitative estimate of drug-likeness (QED) is 0.467. The van der Waals surface area contributed by atoms with Crippen molar-refractivity contribution in [3.05, 3.63) is 24.3 Å². The molecule has 2 aliphatic rings. The van der Waals surface area contributed by atoms with E-state index in [1.54, 1.807) is 6.08 Å². The Balaban J connectivity index is 2.44.